The largest absolute Gasteiger partial charge is 0.493 e. The number of rotatable bonds is 4. The summed E-state index contributed by atoms with van der Waals surface area (Å²) in [6.07, 6.45) is 6.51. The van der Waals surface area contributed by atoms with E-state index in [1.54, 1.807) is 12.4 Å². The number of hydrogen-bond acceptors (Lipinski definition) is 6. The zero-order valence-corrected chi connectivity index (χ0v) is 16.6. The monoisotopic (exact) mass is 397 g/mol. The first-order valence-electron chi connectivity index (χ1n) is 10.1. The second-order valence-corrected chi connectivity index (χ2v) is 7.94. The summed E-state index contributed by atoms with van der Waals surface area (Å²) in [7, 11) is 0. The molecule has 152 valence electrons. The molecule has 4 heterocycles. The molecule has 1 fully saturated rings. The highest BCUT2D eigenvalue weighted by Gasteiger charge is 2.28. The molecule has 0 saturated carbocycles. The average Bonchev–Trinajstić information content (AvgIpc) is 3.36. The Hall–Kier alpha value is -2.74. The predicted molar refractivity (Wildman–Crippen MR) is 106 cm³/mol. The van der Waals surface area contributed by atoms with Crippen molar-refractivity contribution in [2.75, 3.05) is 11.9 Å². The third-order valence-electron chi connectivity index (χ3n) is 5.86. The minimum atomic E-state index is -0.233. The van der Waals surface area contributed by atoms with Gasteiger partial charge in [0.15, 0.2) is 5.65 Å². The van der Waals surface area contributed by atoms with Crippen molar-refractivity contribution in [2.45, 2.75) is 57.8 Å². The van der Waals surface area contributed by atoms with Crippen LogP contribution in [0, 0.1) is 5.82 Å². The molecule has 0 aliphatic carbocycles. The zero-order valence-electron chi connectivity index (χ0n) is 16.6. The van der Waals surface area contributed by atoms with Gasteiger partial charge in [-0.05, 0) is 44.7 Å². The number of ether oxygens (including phenoxy) is 2. The molecular weight excluding hydrogens is 373 g/mol. The van der Waals surface area contributed by atoms with Crippen LogP contribution in [0.5, 0.6) is 5.75 Å². The number of nitrogens with zero attached hydrogens (tertiary/aromatic N) is 4. The fraction of sp³-hybridized carbons (Fsp3) is 0.476. The molecule has 2 unspecified atom stereocenters. The van der Waals surface area contributed by atoms with Crippen molar-refractivity contribution in [3.8, 4) is 5.75 Å². The summed E-state index contributed by atoms with van der Waals surface area (Å²) in [5.41, 5.74) is 3.42. The molecule has 2 aliphatic heterocycles. The lowest BCUT2D eigenvalue weighted by Crippen LogP contribution is -2.28. The Morgan fingerprint density at radius 3 is 2.90 bits per heavy atom. The molecule has 0 radical (unpaired) electrons. The Balaban J connectivity index is 1.43. The van der Waals surface area contributed by atoms with E-state index in [0.717, 1.165) is 41.8 Å². The van der Waals surface area contributed by atoms with E-state index in [4.69, 9.17) is 9.47 Å². The van der Waals surface area contributed by atoms with Crippen LogP contribution >= 0.6 is 0 Å². The van der Waals surface area contributed by atoms with Crippen LogP contribution in [0.2, 0.25) is 0 Å². The molecule has 1 aromatic carbocycles. The highest BCUT2D eigenvalue weighted by molar-refractivity contribution is 5.53. The summed E-state index contributed by atoms with van der Waals surface area (Å²) in [4.78, 5) is 4.62. The van der Waals surface area contributed by atoms with Crippen molar-refractivity contribution in [3.63, 3.8) is 0 Å². The highest BCUT2D eigenvalue weighted by atomic mass is 19.1. The summed E-state index contributed by atoms with van der Waals surface area (Å²) in [5, 5.41) is 11.7. The fourth-order valence-corrected chi connectivity index (χ4v) is 4.59. The molecule has 0 amide bonds. The van der Waals surface area contributed by atoms with E-state index in [2.05, 4.69) is 34.3 Å². The molecular formula is C21H24FN5O2. The first-order valence-corrected chi connectivity index (χ1v) is 10.1. The van der Waals surface area contributed by atoms with Gasteiger partial charge in [-0.2, -0.15) is 0 Å². The van der Waals surface area contributed by atoms with E-state index in [9.17, 15) is 4.39 Å². The minimum absolute atomic E-state index is 0.204. The van der Waals surface area contributed by atoms with Crippen LogP contribution in [0.3, 0.4) is 0 Å². The number of aromatic nitrogens is 4. The summed E-state index contributed by atoms with van der Waals surface area (Å²) in [6.45, 7) is 5.12. The number of benzene rings is 1. The maximum absolute atomic E-state index is 14.4. The van der Waals surface area contributed by atoms with Gasteiger partial charge in [-0.3, -0.25) is 4.40 Å². The van der Waals surface area contributed by atoms with Gasteiger partial charge < -0.3 is 14.8 Å². The van der Waals surface area contributed by atoms with Crippen molar-refractivity contribution >= 4 is 11.6 Å². The Labute approximate surface area is 168 Å². The van der Waals surface area contributed by atoms with E-state index in [1.807, 2.05) is 10.6 Å². The molecule has 29 heavy (non-hydrogen) atoms. The van der Waals surface area contributed by atoms with Crippen molar-refractivity contribution in [2.24, 2.45) is 0 Å². The van der Waals surface area contributed by atoms with Crippen LogP contribution in [0.15, 0.2) is 24.7 Å². The van der Waals surface area contributed by atoms with Gasteiger partial charge in [-0.25, -0.2) is 9.37 Å². The normalized spacial score (nSPS) is 23.8. The standard InChI is InChI=1S/C21H24FN5O2/c1-12-7-14(8-13(2)29-12)16-9-23-21(27-11-25-26-20(16)27)24-10-17-15-5-6-28-19(15)4-3-18(17)22/h3-4,9,11-14H,5-8,10H2,1-2H3,(H,23,24). The minimum Gasteiger partial charge on any atom is -0.493 e. The van der Waals surface area contributed by atoms with Crippen molar-refractivity contribution in [1.82, 2.24) is 19.6 Å². The first-order chi connectivity index (χ1) is 14.1. The first kappa shape index (κ1) is 18.3. The van der Waals surface area contributed by atoms with Gasteiger partial charge in [0.1, 0.15) is 17.9 Å². The lowest BCUT2D eigenvalue weighted by Gasteiger charge is -2.32. The maximum atomic E-state index is 14.4. The van der Waals surface area contributed by atoms with Crippen LogP contribution in [0.1, 0.15) is 49.3 Å². The second kappa shape index (κ2) is 7.26. The Kier molecular flexibility index (Phi) is 4.58. The highest BCUT2D eigenvalue weighted by Crippen LogP contribution is 2.35. The van der Waals surface area contributed by atoms with E-state index in [1.165, 1.54) is 6.07 Å². The van der Waals surface area contributed by atoms with Gasteiger partial charge in [-0.15, -0.1) is 10.2 Å². The molecule has 7 nitrogen and oxygen atoms in total. The second-order valence-electron chi connectivity index (χ2n) is 7.94. The van der Waals surface area contributed by atoms with E-state index >= 15 is 0 Å². The maximum Gasteiger partial charge on any atom is 0.210 e. The Morgan fingerprint density at radius 1 is 1.24 bits per heavy atom. The third-order valence-corrected chi connectivity index (χ3v) is 5.86. The summed E-state index contributed by atoms with van der Waals surface area (Å²) < 4.78 is 27.7. The molecule has 2 aliphatic rings. The number of fused-ring (bicyclic) bond motifs is 2. The summed E-state index contributed by atoms with van der Waals surface area (Å²) in [6, 6.07) is 3.15. The van der Waals surface area contributed by atoms with Gasteiger partial charge in [0.2, 0.25) is 5.95 Å². The smallest absolute Gasteiger partial charge is 0.210 e. The van der Waals surface area contributed by atoms with E-state index in [0.29, 0.717) is 30.6 Å². The Bertz CT molecular complexity index is 1040. The summed E-state index contributed by atoms with van der Waals surface area (Å²) in [5.74, 6) is 1.46. The molecule has 1 N–H and O–H groups in total. The lowest BCUT2D eigenvalue weighted by atomic mass is 9.87. The topological polar surface area (TPSA) is 73.6 Å². The SMILES string of the molecule is CC1CC(c2cnc(NCc3c(F)ccc4c3CCO4)n3cnnc23)CC(C)O1. The third kappa shape index (κ3) is 3.31. The van der Waals surface area contributed by atoms with Gasteiger partial charge in [-0.1, -0.05) is 0 Å². The quantitative estimate of drug-likeness (QED) is 0.727. The number of anilines is 1. The molecule has 8 heteroatoms. The number of nitrogens with one attached hydrogen (secondary N) is 1. The van der Waals surface area contributed by atoms with Crippen LogP contribution < -0.4 is 10.1 Å². The zero-order chi connectivity index (χ0) is 20.0. The van der Waals surface area contributed by atoms with Crippen LogP contribution in [0.4, 0.5) is 10.3 Å². The molecule has 2 atom stereocenters. The van der Waals surface area contributed by atoms with Crippen LogP contribution in [-0.2, 0) is 17.7 Å². The van der Waals surface area contributed by atoms with Gasteiger partial charge in [0.05, 0.1) is 18.8 Å². The van der Waals surface area contributed by atoms with Gasteiger partial charge >= 0.3 is 0 Å². The van der Waals surface area contributed by atoms with E-state index < -0.39 is 0 Å². The number of halogens is 1. The molecule has 0 bridgehead atoms. The van der Waals surface area contributed by atoms with Crippen molar-refractivity contribution < 1.29 is 13.9 Å². The van der Waals surface area contributed by atoms with Crippen molar-refractivity contribution in [1.29, 1.82) is 0 Å². The molecule has 5 rings (SSSR count). The van der Waals surface area contributed by atoms with Crippen molar-refractivity contribution in [3.05, 3.63) is 47.2 Å². The number of hydrogen-bond donors (Lipinski definition) is 1. The van der Waals surface area contributed by atoms with Gasteiger partial charge in [0, 0.05) is 35.9 Å². The predicted octanol–water partition coefficient (Wildman–Crippen LogP) is 3.48. The van der Waals surface area contributed by atoms with E-state index in [-0.39, 0.29) is 18.0 Å². The van der Waals surface area contributed by atoms with Crippen LogP contribution in [-0.4, -0.2) is 38.4 Å². The Morgan fingerprint density at radius 2 is 2.07 bits per heavy atom. The molecule has 1 saturated heterocycles. The molecule has 0 spiro atoms. The lowest BCUT2D eigenvalue weighted by molar-refractivity contribution is -0.0379. The van der Waals surface area contributed by atoms with Gasteiger partial charge in [0.25, 0.3) is 0 Å². The molecule has 2 aromatic heterocycles. The molecule has 3 aromatic rings. The summed E-state index contributed by atoms with van der Waals surface area (Å²) >= 11 is 0. The van der Waals surface area contributed by atoms with Crippen LogP contribution in [0.25, 0.3) is 5.65 Å². The fourth-order valence-electron chi connectivity index (χ4n) is 4.59. The average molecular weight is 397 g/mol.